The van der Waals surface area contributed by atoms with E-state index in [-0.39, 0.29) is 0 Å². The topological polar surface area (TPSA) is 36.9 Å². The first-order chi connectivity index (χ1) is 12.8. The molecule has 0 radical (unpaired) electrons. The Morgan fingerprint density at radius 3 is 2.00 bits per heavy atom. The zero-order chi connectivity index (χ0) is 20.4. The third-order valence-electron chi connectivity index (χ3n) is 5.24. The fourth-order valence-electron chi connectivity index (χ4n) is 3.84. The monoisotopic (exact) mass is 428 g/mol. The highest BCUT2D eigenvalue weighted by Gasteiger charge is 2.51. The number of rotatable bonds is 14. The number of hydrogen-bond donors (Lipinski definition) is 0. The highest BCUT2D eigenvalue weighted by atomic mass is 28.5. The molecule has 4 nitrogen and oxygen atoms in total. The quantitative estimate of drug-likeness (QED) is 0.247. The van der Waals surface area contributed by atoms with Crippen LogP contribution in [0.25, 0.3) is 0 Å². The van der Waals surface area contributed by atoms with Crippen molar-refractivity contribution in [2.75, 3.05) is 13.2 Å². The van der Waals surface area contributed by atoms with Crippen LogP contribution < -0.4 is 0 Å². The first-order valence-corrected chi connectivity index (χ1v) is 17.6. The van der Waals surface area contributed by atoms with Gasteiger partial charge in [-0.3, -0.25) is 0 Å². The van der Waals surface area contributed by atoms with Crippen molar-refractivity contribution in [1.29, 1.82) is 0 Å². The fraction of sp³-hybridized carbons (Fsp3) is 0.700. The van der Waals surface area contributed by atoms with Crippen molar-refractivity contribution in [3.8, 4) is 0 Å². The first-order valence-electron chi connectivity index (χ1n) is 10.3. The van der Waals surface area contributed by atoms with Gasteiger partial charge in [0.15, 0.2) is 0 Å². The Balaban J connectivity index is 3.13. The van der Waals surface area contributed by atoms with Gasteiger partial charge in [0.05, 0.1) is 13.2 Å². The van der Waals surface area contributed by atoms with Crippen LogP contribution in [0, 0.1) is 0 Å². The zero-order valence-corrected chi connectivity index (χ0v) is 20.9. The molecule has 0 aliphatic heterocycles. The van der Waals surface area contributed by atoms with Gasteiger partial charge < -0.3 is 17.1 Å². The molecule has 3 unspecified atom stereocenters. The summed E-state index contributed by atoms with van der Waals surface area (Å²) in [7, 11) is -7.44. The van der Waals surface area contributed by atoms with Crippen molar-refractivity contribution < 1.29 is 17.1 Å². The van der Waals surface area contributed by atoms with Crippen LogP contribution in [0.1, 0.15) is 45.4 Å². The second kappa shape index (κ2) is 11.6. The molecule has 1 rings (SSSR count). The van der Waals surface area contributed by atoms with Gasteiger partial charge in [0.25, 0.3) is 0 Å². The van der Waals surface area contributed by atoms with E-state index in [1.54, 1.807) is 12.2 Å². The maximum absolute atomic E-state index is 6.95. The summed E-state index contributed by atoms with van der Waals surface area (Å²) in [5, 5.41) is 0. The third-order valence-corrected chi connectivity index (χ3v) is 17.6. The van der Waals surface area contributed by atoms with Crippen molar-refractivity contribution in [1.82, 2.24) is 0 Å². The minimum atomic E-state index is -2.54. The van der Waals surface area contributed by atoms with Gasteiger partial charge >= 0.3 is 25.7 Å². The Labute approximate surface area is 170 Å². The van der Waals surface area contributed by atoms with Crippen molar-refractivity contribution in [3.05, 3.63) is 37.6 Å². The van der Waals surface area contributed by atoms with E-state index in [1.807, 2.05) is 5.70 Å². The SMILES string of the molecule is C=CCO[Si](C)(C=C)O[Si](C)(O[Si](C)(CCC)OCC=C)C1CCCCC1. The van der Waals surface area contributed by atoms with Gasteiger partial charge in [-0.1, -0.05) is 50.5 Å². The second-order valence-electron chi connectivity index (χ2n) is 7.86. The summed E-state index contributed by atoms with van der Waals surface area (Å²) in [5.41, 5.74) is 2.35. The molecule has 1 aliphatic rings. The predicted molar refractivity (Wildman–Crippen MR) is 121 cm³/mol. The Hall–Kier alpha value is -0.289. The molecule has 0 aromatic carbocycles. The van der Waals surface area contributed by atoms with Crippen LogP contribution >= 0.6 is 0 Å². The Morgan fingerprint density at radius 1 is 0.889 bits per heavy atom. The van der Waals surface area contributed by atoms with Crippen LogP contribution in [0.3, 0.4) is 0 Å². The van der Waals surface area contributed by atoms with E-state index in [4.69, 9.17) is 17.1 Å². The van der Waals surface area contributed by atoms with Crippen LogP contribution in [0.2, 0.25) is 31.2 Å². The molecule has 0 saturated heterocycles. The van der Waals surface area contributed by atoms with E-state index in [0.717, 1.165) is 12.5 Å². The van der Waals surface area contributed by atoms with Crippen LogP contribution in [0.5, 0.6) is 0 Å². The summed E-state index contributed by atoms with van der Waals surface area (Å²) >= 11 is 0. The first kappa shape index (κ1) is 24.7. The normalized spacial score (nSPS) is 22.2. The maximum atomic E-state index is 6.95. The van der Waals surface area contributed by atoms with Gasteiger partial charge in [0, 0.05) is 5.54 Å². The van der Waals surface area contributed by atoms with Gasteiger partial charge in [-0.25, -0.2) is 0 Å². The largest absolute Gasteiger partial charge is 0.415 e. The molecular formula is C20H40O4Si3. The second-order valence-corrected chi connectivity index (χ2v) is 18.1. The van der Waals surface area contributed by atoms with Gasteiger partial charge in [0.2, 0.25) is 0 Å². The molecule has 156 valence electrons. The molecule has 7 heteroatoms. The molecule has 0 amide bonds. The lowest BCUT2D eigenvalue weighted by molar-refractivity contribution is 0.209. The maximum Gasteiger partial charge on any atom is 0.352 e. The molecule has 3 atom stereocenters. The molecule has 27 heavy (non-hydrogen) atoms. The molecule has 0 bridgehead atoms. The van der Waals surface area contributed by atoms with Crippen LogP contribution in [-0.4, -0.2) is 38.9 Å². The van der Waals surface area contributed by atoms with Gasteiger partial charge in [-0.2, -0.15) is 0 Å². The smallest absolute Gasteiger partial charge is 0.352 e. The Kier molecular flexibility index (Phi) is 10.7. The minimum Gasteiger partial charge on any atom is -0.415 e. The van der Waals surface area contributed by atoms with Crippen LogP contribution in [0.4, 0.5) is 0 Å². The average Bonchev–Trinajstić information content (AvgIpc) is 2.65. The molecule has 1 saturated carbocycles. The van der Waals surface area contributed by atoms with E-state index in [2.05, 4.69) is 46.3 Å². The molecule has 1 aliphatic carbocycles. The van der Waals surface area contributed by atoms with Gasteiger partial charge in [-0.15, -0.1) is 19.7 Å². The summed E-state index contributed by atoms with van der Waals surface area (Å²) in [4.78, 5) is 0. The molecule has 0 heterocycles. The van der Waals surface area contributed by atoms with Crippen molar-refractivity contribution in [2.45, 2.75) is 76.7 Å². The summed E-state index contributed by atoms with van der Waals surface area (Å²) < 4.78 is 26.1. The van der Waals surface area contributed by atoms with Gasteiger partial charge in [0.1, 0.15) is 0 Å². The van der Waals surface area contributed by atoms with E-state index >= 15 is 0 Å². The van der Waals surface area contributed by atoms with E-state index < -0.39 is 25.7 Å². The van der Waals surface area contributed by atoms with Crippen molar-refractivity contribution >= 4 is 25.7 Å². The number of hydrogen-bond acceptors (Lipinski definition) is 4. The van der Waals surface area contributed by atoms with Crippen LogP contribution in [-0.2, 0) is 17.1 Å². The van der Waals surface area contributed by atoms with Crippen molar-refractivity contribution in [2.24, 2.45) is 0 Å². The van der Waals surface area contributed by atoms with Crippen molar-refractivity contribution in [3.63, 3.8) is 0 Å². The zero-order valence-electron chi connectivity index (χ0n) is 17.9. The van der Waals surface area contributed by atoms with E-state index in [1.165, 1.54) is 32.1 Å². The van der Waals surface area contributed by atoms with E-state index in [9.17, 15) is 0 Å². The molecule has 0 spiro atoms. The standard InChI is InChI=1S/C20H40O4Si3/c1-8-17-21-25(5,11-4)23-27(7,20-15-13-12-14-16-20)24-26(6,19-10-3)22-18-9-2/h8-9,11,20H,1-2,4,10,12-19H2,3,5-7H3. The minimum absolute atomic E-state index is 0.473. The highest BCUT2D eigenvalue weighted by Crippen LogP contribution is 2.42. The summed E-state index contributed by atoms with van der Waals surface area (Å²) in [6.45, 7) is 21.2. The summed E-state index contributed by atoms with van der Waals surface area (Å²) in [6, 6.07) is 0.958. The summed E-state index contributed by atoms with van der Waals surface area (Å²) in [5.74, 6) is 0. The lowest BCUT2D eigenvalue weighted by Gasteiger charge is -2.45. The van der Waals surface area contributed by atoms with Gasteiger partial charge in [-0.05, 0) is 38.5 Å². The molecule has 1 fully saturated rings. The molecule has 0 N–H and O–H groups in total. The lowest BCUT2D eigenvalue weighted by Crippen LogP contribution is -2.60. The van der Waals surface area contributed by atoms with Crippen LogP contribution in [0.15, 0.2) is 37.6 Å². The third kappa shape index (κ3) is 7.92. The molecular weight excluding hydrogens is 388 g/mol. The fourth-order valence-corrected chi connectivity index (χ4v) is 17.1. The van der Waals surface area contributed by atoms with E-state index in [0.29, 0.717) is 18.8 Å². The Bertz CT molecular complexity index is 484. The summed E-state index contributed by atoms with van der Waals surface area (Å²) in [6.07, 6.45) is 10.8. The average molecular weight is 429 g/mol. The Morgan fingerprint density at radius 2 is 1.48 bits per heavy atom. The molecule has 0 aromatic rings. The highest BCUT2D eigenvalue weighted by molar-refractivity contribution is 6.87. The predicted octanol–water partition coefficient (Wildman–Crippen LogP) is 6.11. The lowest BCUT2D eigenvalue weighted by atomic mass is 10.0. The molecule has 0 aromatic heterocycles.